The fourth-order valence-electron chi connectivity index (χ4n) is 1.69. The van der Waals surface area contributed by atoms with Crippen molar-refractivity contribution in [1.82, 2.24) is 5.32 Å². The highest BCUT2D eigenvalue weighted by Gasteiger charge is 2.18. The molecule has 0 spiro atoms. The maximum absolute atomic E-state index is 12.0. The molecule has 0 saturated heterocycles. The van der Waals surface area contributed by atoms with Gasteiger partial charge in [-0.1, -0.05) is 6.07 Å². The number of nitrogens with one attached hydrogen (secondary N) is 2. The van der Waals surface area contributed by atoms with Gasteiger partial charge in [-0.15, -0.1) is 0 Å². The van der Waals surface area contributed by atoms with Crippen molar-refractivity contribution >= 4 is 17.5 Å². The number of amides is 2. The van der Waals surface area contributed by atoms with E-state index in [4.69, 9.17) is 9.15 Å². The molecule has 6 heteroatoms. The van der Waals surface area contributed by atoms with Gasteiger partial charge in [0.2, 0.25) is 5.91 Å². The van der Waals surface area contributed by atoms with Gasteiger partial charge >= 0.3 is 0 Å². The quantitative estimate of drug-likeness (QED) is 0.882. The van der Waals surface area contributed by atoms with E-state index in [1.807, 2.05) is 0 Å². The minimum atomic E-state index is -0.700. The molecule has 0 aliphatic carbocycles. The molecule has 110 valence electrons. The van der Waals surface area contributed by atoms with Crippen LogP contribution in [-0.2, 0) is 4.79 Å². The number of hydrogen-bond acceptors (Lipinski definition) is 4. The second-order valence-corrected chi connectivity index (χ2v) is 4.39. The normalized spacial score (nSPS) is 11.5. The van der Waals surface area contributed by atoms with E-state index in [-0.39, 0.29) is 11.7 Å². The van der Waals surface area contributed by atoms with E-state index >= 15 is 0 Å². The van der Waals surface area contributed by atoms with Gasteiger partial charge in [0.1, 0.15) is 11.8 Å². The summed E-state index contributed by atoms with van der Waals surface area (Å²) in [6.07, 6.45) is 1.40. The van der Waals surface area contributed by atoms with E-state index in [0.717, 1.165) is 0 Å². The Morgan fingerprint density at radius 2 is 2.05 bits per heavy atom. The molecule has 0 fully saturated rings. The predicted molar refractivity (Wildman–Crippen MR) is 77.3 cm³/mol. The number of ether oxygens (including phenoxy) is 1. The average Bonchev–Trinajstić information content (AvgIpc) is 3.01. The van der Waals surface area contributed by atoms with Crippen LogP contribution >= 0.6 is 0 Å². The van der Waals surface area contributed by atoms with Gasteiger partial charge in [0.05, 0.1) is 13.4 Å². The fourth-order valence-corrected chi connectivity index (χ4v) is 1.69. The zero-order valence-corrected chi connectivity index (χ0v) is 11.8. The van der Waals surface area contributed by atoms with Crippen LogP contribution in [0, 0.1) is 0 Å². The van der Waals surface area contributed by atoms with Crippen molar-refractivity contribution in [3.8, 4) is 5.75 Å². The second-order valence-electron chi connectivity index (χ2n) is 4.39. The van der Waals surface area contributed by atoms with Crippen molar-refractivity contribution in [3.63, 3.8) is 0 Å². The number of carbonyl (C=O) groups is 2. The summed E-state index contributed by atoms with van der Waals surface area (Å²) < 4.78 is 10.0. The van der Waals surface area contributed by atoms with Crippen LogP contribution in [0.25, 0.3) is 0 Å². The van der Waals surface area contributed by atoms with E-state index < -0.39 is 11.9 Å². The number of carbonyl (C=O) groups excluding carboxylic acids is 2. The number of furan rings is 1. The Kier molecular flexibility index (Phi) is 4.61. The van der Waals surface area contributed by atoms with Crippen molar-refractivity contribution < 1.29 is 18.7 Å². The summed E-state index contributed by atoms with van der Waals surface area (Å²) in [5.41, 5.74) is 0.596. The standard InChI is InChI=1S/C15H16N2O4/c1-10(16-15(19)13-7-4-8-21-13)14(18)17-11-5-3-6-12(9-11)20-2/h3-10H,1-2H3,(H,16,19)(H,17,18)/t10-/m1/s1. The van der Waals surface area contributed by atoms with Crippen LogP contribution in [0.15, 0.2) is 47.1 Å². The molecular weight excluding hydrogens is 272 g/mol. The number of methoxy groups -OCH3 is 1. The molecule has 0 bridgehead atoms. The molecule has 6 nitrogen and oxygen atoms in total. The average molecular weight is 288 g/mol. The lowest BCUT2D eigenvalue weighted by Gasteiger charge is -2.13. The molecule has 0 aliphatic rings. The summed E-state index contributed by atoms with van der Waals surface area (Å²) in [7, 11) is 1.55. The lowest BCUT2D eigenvalue weighted by molar-refractivity contribution is -0.117. The monoisotopic (exact) mass is 288 g/mol. The summed E-state index contributed by atoms with van der Waals surface area (Å²) in [4.78, 5) is 23.8. The molecule has 0 saturated carbocycles. The smallest absolute Gasteiger partial charge is 0.287 e. The zero-order valence-electron chi connectivity index (χ0n) is 11.8. The summed E-state index contributed by atoms with van der Waals surface area (Å²) in [5.74, 6) is 0.0348. The Bertz CT molecular complexity index is 622. The first-order valence-corrected chi connectivity index (χ1v) is 6.39. The molecular formula is C15H16N2O4. The van der Waals surface area contributed by atoms with Crippen LogP contribution in [-0.4, -0.2) is 25.0 Å². The third-order valence-corrected chi connectivity index (χ3v) is 2.82. The third-order valence-electron chi connectivity index (χ3n) is 2.82. The zero-order chi connectivity index (χ0) is 15.2. The van der Waals surface area contributed by atoms with Gasteiger partial charge in [0, 0.05) is 11.8 Å². The van der Waals surface area contributed by atoms with Gasteiger partial charge in [-0.2, -0.15) is 0 Å². The van der Waals surface area contributed by atoms with E-state index in [1.165, 1.54) is 12.3 Å². The van der Waals surface area contributed by atoms with Gasteiger partial charge in [-0.3, -0.25) is 9.59 Å². The predicted octanol–water partition coefficient (Wildman–Crippen LogP) is 2.05. The Labute approximate surface area is 122 Å². The molecule has 0 unspecified atom stereocenters. The molecule has 1 aromatic carbocycles. The molecule has 1 atom stereocenters. The Morgan fingerprint density at radius 1 is 1.24 bits per heavy atom. The van der Waals surface area contributed by atoms with E-state index in [9.17, 15) is 9.59 Å². The third kappa shape index (κ3) is 3.85. The summed E-state index contributed by atoms with van der Waals surface area (Å²) in [5, 5.41) is 5.26. The maximum Gasteiger partial charge on any atom is 0.287 e. The maximum atomic E-state index is 12.0. The summed E-state index contributed by atoms with van der Waals surface area (Å²) in [6, 6.07) is 9.41. The number of rotatable bonds is 5. The van der Waals surface area contributed by atoms with Gasteiger partial charge in [-0.05, 0) is 31.2 Å². The van der Waals surface area contributed by atoms with Gasteiger partial charge in [0.15, 0.2) is 5.76 Å². The molecule has 2 aromatic rings. The largest absolute Gasteiger partial charge is 0.497 e. The Balaban J connectivity index is 1.94. The SMILES string of the molecule is COc1cccc(NC(=O)[C@@H](C)NC(=O)c2ccco2)c1. The van der Waals surface area contributed by atoms with Gasteiger partial charge < -0.3 is 19.8 Å². The van der Waals surface area contributed by atoms with Crippen molar-refractivity contribution in [2.45, 2.75) is 13.0 Å². The van der Waals surface area contributed by atoms with Crippen molar-refractivity contribution in [3.05, 3.63) is 48.4 Å². The molecule has 1 heterocycles. The molecule has 1 aromatic heterocycles. The van der Waals surface area contributed by atoms with Crippen LogP contribution < -0.4 is 15.4 Å². The van der Waals surface area contributed by atoms with E-state index in [1.54, 1.807) is 44.4 Å². The highest BCUT2D eigenvalue weighted by atomic mass is 16.5. The summed E-state index contributed by atoms with van der Waals surface area (Å²) in [6.45, 7) is 1.59. The first-order chi connectivity index (χ1) is 10.1. The lowest BCUT2D eigenvalue weighted by atomic mass is 10.2. The highest BCUT2D eigenvalue weighted by molar-refractivity contribution is 5.99. The van der Waals surface area contributed by atoms with Crippen LogP contribution in [0.4, 0.5) is 5.69 Å². The Morgan fingerprint density at radius 3 is 2.71 bits per heavy atom. The number of hydrogen-bond donors (Lipinski definition) is 2. The first-order valence-electron chi connectivity index (χ1n) is 6.39. The van der Waals surface area contributed by atoms with Crippen molar-refractivity contribution in [2.24, 2.45) is 0 Å². The minimum Gasteiger partial charge on any atom is -0.497 e. The van der Waals surface area contributed by atoms with Crippen molar-refractivity contribution in [1.29, 1.82) is 0 Å². The number of benzene rings is 1. The molecule has 0 aliphatic heterocycles. The molecule has 21 heavy (non-hydrogen) atoms. The molecule has 2 N–H and O–H groups in total. The van der Waals surface area contributed by atoms with Gasteiger partial charge in [0.25, 0.3) is 5.91 Å². The molecule has 2 rings (SSSR count). The summed E-state index contributed by atoms with van der Waals surface area (Å²) >= 11 is 0. The lowest BCUT2D eigenvalue weighted by Crippen LogP contribution is -2.41. The Hall–Kier alpha value is -2.76. The first kappa shape index (κ1) is 14.6. The molecule has 0 radical (unpaired) electrons. The number of anilines is 1. The second kappa shape index (κ2) is 6.60. The van der Waals surface area contributed by atoms with Crippen LogP contribution in [0.1, 0.15) is 17.5 Å². The van der Waals surface area contributed by atoms with E-state index in [2.05, 4.69) is 10.6 Å². The fraction of sp³-hybridized carbons (Fsp3) is 0.200. The van der Waals surface area contributed by atoms with Crippen LogP contribution in [0.5, 0.6) is 5.75 Å². The highest BCUT2D eigenvalue weighted by Crippen LogP contribution is 2.16. The van der Waals surface area contributed by atoms with Crippen LogP contribution in [0.3, 0.4) is 0 Å². The minimum absolute atomic E-state index is 0.163. The van der Waals surface area contributed by atoms with E-state index in [0.29, 0.717) is 11.4 Å². The van der Waals surface area contributed by atoms with Crippen LogP contribution in [0.2, 0.25) is 0 Å². The van der Waals surface area contributed by atoms with Gasteiger partial charge in [-0.25, -0.2) is 0 Å². The van der Waals surface area contributed by atoms with Crippen molar-refractivity contribution in [2.75, 3.05) is 12.4 Å². The topological polar surface area (TPSA) is 80.6 Å². The molecule has 2 amide bonds.